The second-order valence-corrected chi connectivity index (χ2v) is 13.0. The molecule has 6 atom stereocenters. The monoisotopic (exact) mass is 638 g/mol. The molecule has 2 heterocycles. The van der Waals surface area contributed by atoms with Gasteiger partial charge in [0.2, 0.25) is 11.8 Å². The fraction of sp³-hybridized carbons (Fsp3) is 0.571. The molecule has 5 aliphatic rings. The summed E-state index contributed by atoms with van der Waals surface area (Å²) < 4.78 is 5.40. The van der Waals surface area contributed by atoms with E-state index < -0.39 is 45.2 Å². The van der Waals surface area contributed by atoms with Crippen molar-refractivity contribution in [1.82, 2.24) is 9.80 Å². The van der Waals surface area contributed by atoms with Crippen LogP contribution in [-0.2, 0) is 19.2 Å². The summed E-state index contributed by atoms with van der Waals surface area (Å²) in [5.74, 6) is -4.37. The lowest BCUT2D eigenvalue weighted by Crippen LogP contribution is -2.60. The molecule has 0 unspecified atom stereocenters. The van der Waals surface area contributed by atoms with Crippen molar-refractivity contribution in [1.29, 1.82) is 0 Å². The Hall–Kier alpha value is -2.10. The minimum atomic E-state index is -1.97. The van der Waals surface area contributed by atoms with Crippen LogP contribution in [0.3, 0.4) is 0 Å². The van der Waals surface area contributed by atoms with Gasteiger partial charge in [0.05, 0.1) is 24.4 Å². The Morgan fingerprint density at radius 3 is 2.44 bits per heavy atom. The summed E-state index contributed by atoms with van der Waals surface area (Å²) in [6, 6.07) is 4.48. The van der Waals surface area contributed by atoms with E-state index in [9.17, 15) is 24.3 Å². The average molecular weight is 640 g/mol. The number of rotatable bonds is 4. The predicted molar refractivity (Wildman–Crippen MR) is 147 cm³/mol. The van der Waals surface area contributed by atoms with Gasteiger partial charge in [-0.05, 0) is 49.8 Å². The summed E-state index contributed by atoms with van der Waals surface area (Å²) >= 11 is 17.6. The van der Waals surface area contributed by atoms with Crippen molar-refractivity contribution in [2.45, 2.75) is 66.7 Å². The van der Waals surface area contributed by atoms with Gasteiger partial charge in [0, 0.05) is 17.5 Å². The Kier molecular flexibility index (Phi) is 6.59. The number of likely N-dealkylation sites (tertiary alicyclic amines) is 2. The quantitative estimate of drug-likeness (QED) is 0.226. The standard InChI is InChI=1S/C28H29BrCl2N2O6/c1-39-15-7-10-20(34)18(11-15)22-16-8-9-17-21(24(36)33(23(17)35)14-5-3-2-4-6-14)19(16)12-27(30)25(37)32(13-29)26(38)28(22,27)31/h7-8,10-11,14,17,19,21-22,34H,2-6,9,12-13H2,1H3/t17-,19+,21-,22+,27+,28-/m0/s1. The van der Waals surface area contributed by atoms with E-state index in [1.165, 1.54) is 18.1 Å². The molecule has 0 bridgehead atoms. The summed E-state index contributed by atoms with van der Waals surface area (Å²) in [4.78, 5) is 53.8. The molecule has 3 aliphatic carbocycles. The van der Waals surface area contributed by atoms with Crippen molar-refractivity contribution in [3.63, 3.8) is 0 Å². The normalized spacial score (nSPS) is 36.6. The first-order chi connectivity index (χ1) is 18.6. The first kappa shape index (κ1) is 27.1. The van der Waals surface area contributed by atoms with E-state index in [1.807, 2.05) is 6.08 Å². The fourth-order valence-electron chi connectivity index (χ4n) is 7.71. The molecule has 11 heteroatoms. The first-order valence-corrected chi connectivity index (χ1v) is 15.2. The number of carbonyl (C=O) groups is 4. The molecule has 39 heavy (non-hydrogen) atoms. The van der Waals surface area contributed by atoms with Gasteiger partial charge in [-0.1, -0.05) is 46.8 Å². The molecule has 2 saturated heterocycles. The smallest absolute Gasteiger partial charge is 0.254 e. The van der Waals surface area contributed by atoms with E-state index in [4.69, 9.17) is 27.9 Å². The summed E-state index contributed by atoms with van der Waals surface area (Å²) in [6.07, 6.45) is 6.72. The second-order valence-electron chi connectivity index (χ2n) is 11.2. The Morgan fingerprint density at radius 1 is 1.05 bits per heavy atom. The zero-order valence-electron chi connectivity index (χ0n) is 21.4. The number of aromatic hydroxyl groups is 1. The highest BCUT2D eigenvalue weighted by molar-refractivity contribution is 9.09. The van der Waals surface area contributed by atoms with Crippen molar-refractivity contribution in [3.8, 4) is 11.5 Å². The second kappa shape index (κ2) is 9.48. The highest BCUT2D eigenvalue weighted by Gasteiger charge is 2.76. The van der Waals surface area contributed by atoms with Crippen LogP contribution in [0.4, 0.5) is 0 Å². The van der Waals surface area contributed by atoms with E-state index in [-0.39, 0.29) is 41.0 Å². The number of carbonyl (C=O) groups excluding carboxylic acids is 4. The van der Waals surface area contributed by atoms with Crippen LogP contribution in [0, 0.1) is 17.8 Å². The topological polar surface area (TPSA) is 104 Å². The molecule has 8 nitrogen and oxygen atoms in total. The number of nitrogens with zero attached hydrogens (tertiary/aromatic N) is 2. The molecule has 1 N–H and O–H groups in total. The van der Waals surface area contributed by atoms with Crippen LogP contribution < -0.4 is 4.74 Å². The number of allylic oxidation sites excluding steroid dienone is 2. The Balaban J connectivity index is 1.52. The molecule has 4 amide bonds. The maximum Gasteiger partial charge on any atom is 0.254 e. The lowest BCUT2D eigenvalue weighted by atomic mass is 9.56. The molecular weight excluding hydrogens is 611 g/mol. The molecular formula is C28H29BrCl2N2O6. The molecule has 0 aromatic heterocycles. The van der Waals surface area contributed by atoms with Crippen molar-refractivity contribution >= 4 is 62.8 Å². The first-order valence-electron chi connectivity index (χ1n) is 13.3. The number of methoxy groups -OCH3 is 1. The van der Waals surface area contributed by atoms with Gasteiger partial charge in [-0.25, -0.2) is 0 Å². The molecule has 6 rings (SSSR count). The van der Waals surface area contributed by atoms with E-state index in [2.05, 4.69) is 15.9 Å². The third-order valence-electron chi connectivity index (χ3n) is 9.53. The highest BCUT2D eigenvalue weighted by Crippen LogP contribution is 2.66. The van der Waals surface area contributed by atoms with Crippen molar-refractivity contribution in [2.24, 2.45) is 17.8 Å². The zero-order valence-corrected chi connectivity index (χ0v) is 24.5. The average Bonchev–Trinajstić information content (AvgIpc) is 3.27. The largest absolute Gasteiger partial charge is 0.508 e. The minimum Gasteiger partial charge on any atom is -0.508 e. The van der Waals surface area contributed by atoms with E-state index in [0.29, 0.717) is 17.7 Å². The van der Waals surface area contributed by atoms with Gasteiger partial charge in [-0.15, -0.1) is 23.2 Å². The number of fused-ring (bicyclic) bond motifs is 4. The Morgan fingerprint density at radius 2 is 1.77 bits per heavy atom. The third-order valence-corrected chi connectivity index (χ3v) is 11.4. The number of halogens is 3. The Bertz CT molecular complexity index is 1310. The number of phenolic OH excluding ortho intramolecular Hbond substituents is 1. The third kappa shape index (κ3) is 3.54. The molecule has 2 saturated carbocycles. The maximum absolute atomic E-state index is 14.0. The zero-order chi connectivity index (χ0) is 27.9. The van der Waals surface area contributed by atoms with Gasteiger partial charge in [0.1, 0.15) is 11.5 Å². The van der Waals surface area contributed by atoms with Crippen LogP contribution in [0.15, 0.2) is 29.8 Å². The SMILES string of the molecule is COc1ccc(O)c([C@H]2C3=CC[C@@H]4C(=O)N(C5CCCCC5)C(=O)[C@@H]4[C@@H]3C[C@@]3(Cl)C(=O)N(CBr)C(=O)[C@@]23Cl)c1. The van der Waals surface area contributed by atoms with Crippen LogP contribution in [0.25, 0.3) is 0 Å². The summed E-state index contributed by atoms with van der Waals surface area (Å²) in [7, 11) is 1.48. The number of amides is 4. The molecule has 1 aromatic rings. The van der Waals surface area contributed by atoms with Crippen molar-refractivity contribution in [3.05, 3.63) is 35.4 Å². The highest BCUT2D eigenvalue weighted by atomic mass is 79.9. The van der Waals surface area contributed by atoms with Gasteiger partial charge in [0.25, 0.3) is 11.8 Å². The maximum atomic E-state index is 14.0. The summed E-state index contributed by atoms with van der Waals surface area (Å²) in [5, 5.41) is 11.0. The van der Waals surface area contributed by atoms with Crippen LogP contribution in [0.1, 0.15) is 56.4 Å². The lowest BCUT2D eigenvalue weighted by Gasteiger charge is -2.50. The van der Waals surface area contributed by atoms with Crippen LogP contribution in [-0.4, -0.2) is 66.9 Å². The van der Waals surface area contributed by atoms with Crippen molar-refractivity contribution < 1.29 is 29.0 Å². The molecule has 4 fully saturated rings. The number of benzene rings is 1. The summed E-state index contributed by atoms with van der Waals surface area (Å²) in [6.45, 7) is 0. The molecule has 0 radical (unpaired) electrons. The number of alkyl halides is 3. The van der Waals surface area contributed by atoms with E-state index in [0.717, 1.165) is 37.0 Å². The number of phenols is 1. The molecule has 1 aromatic carbocycles. The number of hydrogen-bond acceptors (Lipinski definition) is 6. The van der Waals surface area contributed by atoms with E-state index in [1.54, 1.807) is 12.1 Å². The number of ether oxygens (including phenoxy) is 1. The van der Waals surface area contributed by atoms with Gasteiger partial charge in [-0.3, -0.25) is 29.0 Å². The van der Waals surface area contributed by atoms with Crippen LogP contribution >= 0.6 is 39.1 Å². The minimum absolute atomic E-state index is 0.0715. The van der Waals surface area contributed by atoms with Crippen LogP contribution in [0.5, 0.6) is 11.5 Å². The van der Waals surface area contributed by atoms with Gasteiger partial charge < -0.3 is 9.84 Å². The Labute approximate surface area is 244 Å². The number of imide groups is 2. The fourth-order valence-corrected chi connectivity index (χ4v) is 9.13. The number of hydrogen-bond donors (Lipinski definition) is 1. The van der Waals surface area contributed by atoms with Crippen molar-refractivity contribution in [2.75, 3.05) is 12.6 Å². The lowest BCUT2D eigenvalue weighted by molar-refractivity contribution is -0.144. The van der Waals surface area contributed by atoms with Crippen LogP contribution in [0.2, 0.25) is 0 Å². The predicted octanol–water partition coefficient (Wildman–Crippen LogP) is 4.44. The molecule has 208 valence electrons. The van der Waals surface area contributed by atoms with E-state index >= 15 is 0 Å². The molecule has 2 aliphatic heterocycles. The summed E-state index contributed by atoms with van der Waals surface area (Å²) in [5.41, 5.74) is 0.824. The van der Waals surface area contributed by atoms with Gasteiger partial charge in [0.15, 0.2) is 9.75 Å². The van der Waals surface area contributed by atoms with Gasteiger partial charge >= 0.3 is 0 Å². The molecule has 0 spiro atoms. The van der Waals surface area contributed by atoms with Gasteiger partial charge in [-0.2, -0.15) is 0 Å².